The average molecular weight is 397 g/mol. The average Bonchev–Trinajstić information content (AvgIpc) is 3.20. The molecular weight excluding hydrogens is 374 g/mol. The maximum atomic E-state index is 10.8. The standard InChI is InChI=1S/C16H23N5O5S/c1-8(2)4-5-16(12(24)11(23)9(6-22)26-16)21-7-17-10-13(20-25)18-15(27-3)19-14(10)21/h7,9,11-12,22-25H,1,4-6H2,2-3H3,(H,18,19,20)/t9-,11-,12-,16-/m1/s1. The topological polar surface area (TPSA) is 146 Å². The molecule has 148 valence electrons. The molecule has 0 amide bonds. The Labute approximate surface area is 159 Å². The number of anilines is 1. The summed E-state index contributed by atoms with van der Waals surface area (Å²) >= 11 is 1.27. The lowest BCUT2D eigenvalue weighted by molar-refractivity contribution is -0.150. The first-order valence-corrected chi connectivity index (χ1v) is 9.59. The molecule has 3 heterocycles. The fourth-order valence-corrected chi connectivity index (χ4v) is 3.62. The van der Waals surface area contributed by atoms with E-state index in [4.69, 9.17) is 4.74 Å². The van der Waals surface area contributed by atoms with Crippen LogP contribution in [0.15, 0.2) is 23.6 Å². The van der Waals surface area contributed by atoms with Crippen molar-refractivity contribution >= 4 is 28.7 Å². The first-order valence-electron chi connectivity index (χ1n) is 8.36. The van der Waals surface area contributed by atoms with Crippen molar-refractivity contribution in [3.8, 4) is 0 Å². The maximum absolute atomic E-state index is 10.8. The fourth-order valence-electron chi connectivity index (χ4n) is 3.26. The molecule has 5 N–H and O–H groups in total. The van der Waals surface area contributed by atoms with Gasteiger partial charge in [-0.1, -0.05) is 17.3 Å². The molecule has 2 aromatic rings. The molecule has 0 spiro atoms. The molecule has 1 aliphatic heterocycles. The Morgan fingerprint density at radius 2 is 2.19 bits per heavy atom. The molecule has 0 aromatic carbocycles. The highest BCUT2D eigenvalue weighted by Gasteiger charge is 2.55. The summed E-state index contributed by atoms with van der Waals surface area (Å²) in [5.74, 6) is 0.116. The number of hydrogen-bond donors (Lipinski definition) is 5. The Hall–Kier alpha value is -1.76. The van der Waals surface area contributed by atoms with Crippen molar-refractivity contribution in [2.75, 3.05) is 18.3 Å². The van der Waals surface area contributed by atoms with Crippen molar-refractivity contribution in [2.45, 2.75) is 49.0 Å². The zero-order chi connectivity index (χ0) is 19.8. The zero-order valence-electron chi connectivity index (χ0n) is 15.0. The normalized spacial score (nSPS) is 28.0. The van der Waals surface area contributed by atoms with Gasteiger partial charge in [0.2, 0.25) is 0 Å². The maximum Gasteiger partial charge on any atom is 0.191 e. The van der Waals surface area contributed by atoms with Crippen LogP contribution in [0.2, 0.25) is 0 Å². The minimum absolute atomic E-state index is 0.116. The smallest absolute Gasteiger partial charge is 0.191 e. The molecular formula is C16H23N5O5S. The van der Waals surface area contributed by atoms with Crippen LogP contribution in [-0.4, -0.2) is 71.2 Å². The van der Waals surface area contributed by atoms with Gasteiger partial charge >= 0.3 is 0 Å². The number of thioether (sulfide) groups is 1. The number of nitrogens with zero attached hydrogens (tertiary/aromatic N) is 4. The number of allylic oxidation sites excluding steroid dienone is 1. The minimum atomic E-state index is -1.41. The number of fused-ring (bicyclic) bond motifs is 1. The van der Waals surface area contributed by atoms with Crippen LogP contribution in [0.5, 0.6) is 0 Å². The number of hydrogen-bond acceptors (Lipinski definition) is 10. The Morgan fingerprint density at radius 3 is 2.74 bits per heavy atom. The van der Waals surface area contributed by atoms with Crippen molar-refractivity contribution in [2.24, 2.45) is 0 Å². The van der Waals surface area contributed by atoms with Gasteiger partial charge in [0.25, 0.3) is 0 Å². The molecule has 3 rings (SSSR count). The van der Waals surface area contributed by atoms with Gasteiger partial charge in [0.15, 0.2) is 27.9 Å². The van der Waals surface area contributed by atoms with Crippen LogP contribution in [0.4, 0.5) is 5.82 Å². The molecule has 1 fully saturated rings. The summed E-state index contributed by atoms with van der Waals surface area (Å²) < 4.78 is 7.48. The van der Waals surface area contributed by atoms with E-state index in [2.05, 4.69) is 21.5 Å². The zero-order valence-corrected chi connectivity index (χ0v) is 15.8. The molecule has 0 saturated carbocycles. The summed E-state index contributed by atoms with van der Waals surface area (Å²) in [4.78, 5) is 12.8. The van der Waals surface area contributed by atoms with E-state index >= 15 is 0 Å². The summed E-state index contributed by atoms with van der Waals surface area (Å²) in [5.41, 5.74) is 2.07. The Morgan fingerprint density at radius 1 is 1.44 bits per heavy atom. The number of aromatic nitrogens is 4. The van der Waals surface area contributed by atoms with Gasteiger partial charge < -0.3 is 20.1 Å². The van der Waals surface area contributed by atoms with E-state index < -0.39 is 30.6 Å². The van der Waals surface area contributed by atoms with Gasteiger partial charge in [0.1, 0.15) is 18.3 Å². The van der Waals surface area contributed by atoms with Crippen molar-refractivity contribution in [1.82, 2.24) is 19.5 Å². The molecule has 1 saturated heterocycles. The van der Waals surface area contributed by atoms with Crippen LogP contribution in [0.3, 0.4) is 0 Å². The first-order chi connectivity index (χ1) is 12.9. The lowest BCUT2D eigenvalue weighted by atomic mass is 9.95. The second-order valence-electron chi connectivity index (χ2n) is 6.53. The molecule has 0 aliphatic carbocycles. The summed E-state index contributed by atoms with van der Waals surface area (Å²) in [7, 11) is 0. The number of aliphatic hydroxyl groups excluding tert-OH is 3. The molecule has 4 atom stereocenters. The highest BCUT2D eigenvalue weighted by molar-refractivity contribution is 7.98. The molecule has 10 nitrogen and oxygen atoms in total. The van der Waals surface area contributed by atoms with Crippen LogP contribution < -0.4 is 5.48 Å². The van der Waals surface area contributed by atoms with Gasteiger partial charge in [0.05, 0.1) is 12.9 Å². The minimum Gasteiger partial charge on any atom is -0.394 e. The number of rotatable bonds is 7. The summed E-state index contributed by atoms with van der Waals surface area (Å²) in [6.45, 7) is 5.28. The summed E-state index contributed by atoms with van der Waals surface area (Å²) in [6, 6.07) is 0. The molecule has 0 bridgehead atoms. The van der Waals surface area contributed by atoms with Gasteiger partial charge in [-0.25, -0.2) is 15.0 Å². The number of aliphatic hydroxyl groups is 3. The molecule has 0 radical (unpaired) electrons. The van der Waals surface area contributed by atoms with E-state index in [1.807, 2.05) is 12.4 Å². The molecule has 11 heteroatoms. The van der Waals surface area contributed by atoms with Crippen LogP contribution in [-0.2, 0) is 10.5 Å². The van der Waals surface area contributed by atoms with E-state index in [-0.39, 0.29) is 17.8 Å². The predicted octanol–water partition coefficient (Wildman–Crippen LogP) is 0.471. The van der Waals surface area contributed by atoms with Gasteiger partial charge in [-0.05, 0) is 19.6 Å². The Kier molecular flexibility index (Phi) is 5.70. The summed E-state index contributed by atoms with van der Waals surface area (Å²) in [6.07, 6.45) is 0.417. The second kappa shape index (κ2) is 7.70. The largest absolute Gasteiger partial charge is 0.394 e. The highest BCUT2D eigenvalue weighted by Crippen LogP contribution is 2.42. The Balaban J connectivity index is 2.20. The van der Waals surface area contributed by atoms with Gasteiger partial charge in [-0.15, -0.1) is 6.58 Å². The van der Waals surface area contributed by atoms with Crippen molar-refractivity contribution in [3.05, 3.63) is 18.5 Å². The van der Waals surface area contributed by atoms with E-state index in [1.54, 1.807) is 6.26 Å². The van der Waals surface area contributed by atoms with Gasteiger partial charge in [-0.2, -0.15) is 0 Å². The van der Waals surface area contributed by atoms with Crippen LogP contribution in [0.1, 0.15) is 19.8 Å². The predicted molar refractivity (Wildman–Crippen MR) is 98.5 cm³/mol. The van der Waals surface area contributed by atoms with E-state index in [9.17, 15) is 20.5 Å². The molecule has 27 heavy (non-hydrogen) atoms. The van der Waals surface area contributed by atoms with Crippen LogP contribution in [0, 0.1) is 0 Å². The SMILES string of the molecule is C=C(C)CC[C@@]1(n2cnc3c(NO)nc(SC)nc32)O[C@H](CO)[C@@H](O)[C@H]1O. The quantitative estimate of drug-likeness (QED) is 0.193. The number of nitrogens with one attached hydrogen (secondary N) is 1. The fraction of sp³-hybridized carbons (Fsp3) is 0.562. The monoisotopic (exact) mass is 397 g/mol. The lowest BCUT2D eigenvalue weighted by Gasteiger charge is -2.34. The van der Waals surface area contributed by atoms with Gasteiger partial charge in [-0.3, -0.25) is 15.3 Å². The van der Waals surface area contributed by atoms with E-state index in [0.717, 1.165) is 5.57 Å². The molecule has 0 unspecified atom stereocenters. The number of ether oxygens (including phenoxy) is 1. The van der Waals surface area contributed by atoms with Crippen LogP contribution >= 0.6 is 11.8 Å². The van der Waals surface area contributed by atoms with Crippen molar-refractivity contribution in [1.29, 1.82) is 0 Å². The molecule has 2 aromatic heterocycles. The second-order valence-corrected chi connectivity index (χ2v) is 7.31. The third kappa shape index (κ3) is 3.30. The van der Waals surface area contributed by atoms with Gasteiger partial charge in [0, 0.05) is 6.42 Å². The van der Waals surface area contributed by atoms with E-state index in [1.165, 1.54) is 22.7 Å². The van der Waals surface area contributed by atoms with E-state index in [0.29, 0.717) is 17.2 Å². The highest BCUT2D eigenvalue weighted by atomic mass is 32.2. The number of imidazole rings is 1. The third-order valence-electron chi connectivity index (χ3n) is 4.68. The van der Waals surface area contributed by atoms with Crippen molar-refractivity contribution in [3.63, 3.8) is 0 Å². The first kappa shape index (κ1) is 20.0. The summed E-state index contributed by atoms with van der Waals surface area (Å²) in [5, 5.41) is 40.5. The third-order valence-corrected chi connectivity index (χ3v) is 5.23. The van der Waals surface area contributed by atoms with Crippen LogP contribution in [0.25, 0.3) is 11.2 Å². The lowest BCUT2D eigenvalue weighted by Crippen LogP contribution is -2.45. The Bertz CT molecular complexity index is 846. The van der Waals surface area contributed by atoms with Crippen molar-refractivity contribution < 1.29 is 25.3 Å². The molecule has 1 aliphatic rings.